The van der Waals surface area contributed by atoms with Gasteiger partial charge in [-0.25, -0.2) is 0 Å². The normalized spacial score (nSPS) is 23.8. The van der Waals surface area contributed by atoms with Gasteiger partial charge >= 0.3 is 5.97 Å². The van der Waals surface area contributed by atoms with Crippen LogP contribution in [0.25, 0.3) is 0 Å². The van der Waals surface area contributed by atoms with E-state index in [1.165, 1.54) is 12.5 Å². The van der Waals surface area contributed by atoms with Gasteiger partial charge in [-0.2, -0.15) is 0 Å². The first kappa shape index (κ1) is 26.8. The summed E-state index contributed by atoms with van der Waals surface area (Å²) in [6, 6.07) is 10.0. The van der Waals surface area contributed by atoms with Gasteiger partial charge < -0.3 is 20.3 Å². The van der Waals surface area contributed by atoms with Gasteiger partial charge in [-0.05, 0) is 56.6 Å². The number of aryl methyl sites for hydroxylation is 1. The van der Waals surface area contributed by atoms with E-state index in [4.69, 9.17) is 4.74 Å². The van der Waals surface area contributed by atoms with E-state index in [1.54, 1.807) is 0 Å². The molecule has 1 aliphatic carbocycles. The van der Waals surface area contributed by atoms with Crippen molar-refractivity contribution in [3.63, 3.8) is 0 Å². The predicted molar refractivity (Wildman–Crippen MR) is 129 cm³/mol. The Balaban J connectivity index is 1.91. The number of esters is 1. The van der Waals surface area contributed by atoms with Crippen LogP contribution in [0.15, 0.2) is 54.6 Å². The van der Waals surface area contributed by atoms with Crippen molar-refractivity contribution in [1.82, 2.24) is 5.32 Å². The number of allylic oxidation sites excluding steroid dienone is 2. The van der Waals surface area contributed by atoms with Crippen LogP contribution in [0, 0.1) is 11.8 Å². The monoisotopic (exact) mass is 457 g/mol. The standard InChI is InChI=1S/C27H39NO5/c1-3-28-27(32)14-10-5-4-9-13-23-24(26(31)19-25(23)30)18-17-22(33-20(2)29)16-15-21-11-7-6-8-12-21/h4,6-9,11-12,17-18,22-26,30-31H,3,5,10,13-16,19H2,1-2H3,(H,28,32)/t22-,23+,24+,25-,26+/m0/s1. The van der Waals surface area contributed by atoms with Crippen molar-refractivity contribution in [2.75, 3.05) is 6.54 Å². The van der Waals surface area contributed by atoms with Crippen LogP contribution >= 0.6 is 0 Å². The minimum atomic E-state index is -0.625. The minimum Gasteiger partial charge on any atom is -0.458 e. The van der Waals surface area contributed by atoms with Gasteiger partial charge in [0, 0.05) is 32.2 Å². The molecule has 6 heteroatoms. The highest BCUT2D eigenvalue weighted by Crippen LogP contribution is 2.36. The van der Waals surface area contributed by atoms with E-state index in [2.05, 4.69) is 5.32 Å². The van der Waals surface area contributed by atoms with E-state index in [-0.39, 0.29) is 29.8 Å². The Kier molecular flexibility index (Phi) is 11.9. The SMILES string of the molecule is CCNC(=O)CCCC=CC[C@@H]1[C@@H](C=C[C@H](CCc2ccccc2)OC(C)=O)[C@H](O)C[C@@H]1O. The Hall–Kier alpha value is -2.44. The van der Waals surface area contributed by atoms with Gasteiger partial charge in [0.05, 0.1) is 12.2 Å². The van der Waals surface area contributed by atoms with Crippen molar-refractivity contribution in [2.45, 2.75) is 77.1 Å². The van der Waals surface area contributed by atoms with Crippen molar-refractivity contribution >= 4 is 11.9 Å². The first-order valence-electron chi connectivity index (χ1n) is 12.1. The number of hydrogen-bond donors (Lipinski definition) is 3. The maximum atomic E-state index is 11.6. The van der Waals surface area contributed by atoms with Crippen LogP contribution in [-0.2, 0) is 20.7 Å². The molecule has 182 valence electrons. The first-order chi connectivity index (χ1) is 15.9. The van der Waals surface area contributed by atoms with Crippen LogP contribution in [0.5, 0.6) is 0 Å². The van der Waals surface area contributed by atoms with Crippen molar-refractivity contribution in [2.24, 2.45) is 11.8 Å². The fourth-order valence-corrected chi connectivity index (χ4v) is 4.36. The van der Waals surface area contributed by atoms with Crippen LogP contribution < -0.4 is 5.32 Å². The van der Waals surface area contributed by atoms with Crippen molar-refractivity contribution in [3.05, 3.63) is 60.2 Å². The smallest absolute Gasteiger partial charge is 0.303 e. The molecule has 0 aromatic heterocycles. The molecule has 6 nitrogen and oxygen atoms in total. The lowest BCUT2D eigenvalue weighted by Crippen LogP contribution is -2.22. The molecule has 1 aromatic rings. The maximum Gasteiger partial charge on any atom is 0.303 e. The third-order valence-corrected chi connectivity index (χ3v) is 6.07. The van der Waals surface area contributed by atoms with Gasteiger partial charge in [0.25, 0.3) is 0 Å². The minimum absolute atomic E-state index is 0.0695. The van der Waals surface area contributed by atoms with E-state index in [0.717, 1.165) is 19.3 Å². The summed E-state index contributed by atoms with van der Waals surface area (Å²) in [5, 5.41) is 23.7. The van der Waals surface area contributed by atoms with E-state index < -0.39 is 12.2 Å². The third-order valence-electron chi connectivity index (χ3n) is 6.07. The Morgan fingerprint density at radius 2 is 1.94 bits per heavy atom. The van der Waals surface area contributed by atoms with Crippen molar-refractivity contribution in [1.29, 1.82) is 0 Å². The van der Waals surface area contributed by atoms with Crippen LogP contribution in [0.4, 0.5) is 0 Å². The average molecular weight is 458 g/mol. The molecule has 0 bridgehead atoms. The zero-order chi connectivity index (χ0) is 24.1. The summed E-state index contributed by atoms with van der Waals surface area (Å²) in [4.78, 5) is 23.1. The summed E-state index contributed by atoms with van der Waals surface area (Å²) < 4.78 is 5.47. The van der Waals surface area contributed by atoms with Crippen LogP contribution in [-0.4, -0.2) is 46.9 Å². The number of carbonyl (C=O) groups is 2. The summed E-state index contributed by atoms with van der Waals surface area (Å²) in [6.07, 6.45) is 10.8. The molecule has 1 fully saturated rings. The number of unbranched alkanes of at least 4 members (excludes halogenated alkanes) is 1. The van der Waals surface area contributed by atoms with Gasteiger partial charge in [0.2, 0.25) is 5.91 Å². The molecule has 1 amide bonds. The second-order valence-electron chi connectivity index (χ2n) is 8.72. The van der Waals surface area contributed by atoms with Gasteiger partial charge in [0.1, 0.15) is 6.10 Å². The third kappa shape index (κ3) is 9.93. The Labute approximate surface area is 197 Å². The predicted octanol–water partition coefficient (Wildman–Crippen LogP) is 3.72. The number of amides is 1. The molecule has 0 saturated heterocycles. The number of rotatable bonds is 13. The van der Waals surface area contributed by atoms with Crippen LogP contribution in [0.1, 0.15) is 57.9 Å². The zero-order valence-electron chi connectivity index (χ0n) is 19.9. The fraction of sp³-hybridized carbons (Fsp3) is 0.556. The maximum absolute atomic E-state index is 11.6. The fourth-order valence-electron chi connectivity index (χ4n) is 4.36. The Bertz CT molecular complexity index is 776. The summed E-state index contributed by atoms with van der Waals surface area (Å²) in [7, 11) is 0. The molecule has 0 spiro atoms. The highest BCUT2D eigenvalue weighted by atomic mass is 16.5. The molecule has 1 aliphatic rings. The van der Waals surface area contributed by atoms with E-state index in [1.807, 2.05) is 61.6 Å². The summed E-state index contributed by atoms with van der Waals surface area (Å²) >= 11 is 0. The average Bonchev–Trinajstić information content (AvgIpc) is 3.05. The molecule has 5 atom stereocenters. The second-order valence-corrected chi connectivity index (χ2v) is 8.72. The summed E-state index contributed by atoms with van der Waals surface area (Å²) in [6.45, 7) is 3.95. The molecular weight excluding hydrogens is 418 g/mol. The van der Waals surface area contributed by atoms with Gasteiger partial charge in [0.15, 0.2) is 0 Å². The largest absolute Gasteiger partial charge is 0.458 e. The molecule has 0 aliphatic heterocycles. The number of ether oxygens (including phenoxy) is 1. The molecule has 1 saturated carbocycles. The van der Waals surface area contributed by atoms with Crippen LogP contribution in [0.2, 0.25) is 0 Å². The summed E-state index contributed by atoms with van der Waals surface area (Å²) in [5.41, 5.74) is 1.18. The van der Waals surface area contributed by atoms with Gasteiger partial charge in [-0.1, -0.05) is 48.6 Å². The molecule has 0 unspecified atom stereocenters. The van der Waals surface area contributed by atoms with E-state index in [0.29, 0.717) is 32.2 Å². The molecule has 0 heterocycles. The van der Waals surface area contributed by atoms with Crippen LogP contribution in [0.3, 0.4) is 0 Å². The Morgan fingerprint density at radius 1 is 1.18 bits per heavy atom. The highest BCUT2D eigenvalue weighted by Gasteiger charge is 2.39. The molecule has 3 N–H and O–H groups in total. The molecule has 2 rings (SSSR count). The molecule has 33 heavy (non-hydrogen) atoms. The van der Waals surface area contributed by atoms with Crippen molar-refractivity contribution < 1.29 is 24.5 Å². The zero-order valence-corrected chi connectivity index (χ0v) is 19.9. The number of carbonyl (C=O) groups excluding carboxylic acids is 2. The number of aliphatic hydroxyl groups excluding tert-OH is 2. The van der Waals surface area contributed by atoms with E-state index >= 15 is 0 Å². The molecular formula is C27H39NO5. The molecule has 0 radical (unpaired) electrons. The van der Waals surface area contributed by atoms with E-state index in [9.17, 15) is 19.8 Å². The first-order valence-corrected chi connectivity index (χ1v) is 12.1. The van der Waals surface area contributed by atoms with Gasteiger partial charge in [-0.3, -0.25) is 9.59 Å². The Morgan fingerprint density at radius 3 is 2.64 bits per heavy atom. The number of aliphatic hydroxyl groups is 2. The number of hydrogen-bond acceptors (Lipinski definition) is 5. The lowest BCUT2D eigenvalue weighted by atomic mass is 9.89. The second kappa shape index (κ2) is 14.7. The quantitative estimate of drug-likeness (QED) is 0.238. The topological polar surface area (TPSA) is 95.9 Å². The van der Waals surface area contributed by atoms with Gasteiger partial charge in [-0.15, -0.1) is 0 Å². The summed E-state index contributed by atoms with van der Waals surface area (Å²) in [5.74, 6) is -0.561. The molecule has 1 aromatic carbocycles. The lowest BCUT2D eigenvalue weighted by Gasteiger charge is -2.20. The number of benzene rings is 1. The lowest BCUT2D eigenvalue weighted by molar-refractivity contribution is -0.144. The van der Waals surface area contributed by atoms with Crippen molar-refractivity contribution in [3.8, 4) is 0 Å². The number of nitrogens with one attached hydrogen (secondary N) is 1. The highest BCUT2D eigenvalue weighted by molar-refractivity contribution is 5.75.